The lowest BCUT2D eigenvalue weighted by Gasteiger charge is -2.28. The van der Waals surface area contributed by atoms with Gasteiger partial charge in [-0.2, -0.15) is 0 Å². The number of aromatic nitrogens is 2. The van der Waals surface area contributed by atoms with E-state index in [1.807, 2.05) is 34.9 Å². The Morgan fingerprint density at radius 1 is 1.03 bits per heavy atom. The third-order valence-electron chi connectivity index (χ3n) is 6.10. The molecule has 1 heterocycles. The van der Waals surface area contributed by atoms with Crippen molar-refractivity contribution in [3.63, 3.8) is 0 Å². The number of rotatable bonds is 6. The van der Waals surface area contributed by atoms with Crippen molar-refractivity contribution in [2.45, 2.75) is 85.2 Å². The number of nitrogen functional groups attached to an aromatic ring is 1. The summed E-state index contributed by atoms with van der Waals surface area (Å²) in [5.74, 6) is 0.861. The lowest BCUT2D eigenvalue weighted by atomic mass is 9.78. The Balaban J connectivity index is 2.10. The fourth-order valence-corrected chi connectivity index (χ4v) is 4.20. The first kappa shape index (κ1) is 23.8. The number of fused-ring (bicyclic) bond motifs is 1. The molecule has 0 aliphatic carbocycles. The van der Waals surface area contributed by atoms with Gasteiger partial charge in [0.1, 0.15) is 23.3 Å². The lowest BCUT2D eigenvalue weighted by molar-refractivity contribution is -0.642. The Morgan fingerprint density at radius 3 is 2.12 bits per heavy atom. The van der Waals surface area contributed by atoms with Crippen LogP contribution in [0.1, 0.15) is 82.8 Å². The molecule has 3 N–H and O–H groups in total. The summed E-state index contributed by atoms with van der Waals surface area (Å²) in [6.45, 7) is 15.5. The van der Waals surface area contributed by atoms with Gasteiger partial charge in [-0.3, -0.25) is 10.5 Å². The third kappa shape index (κ3) is 4.52. The van der Waals surface area contributed by atoms with E-state index in [0.717, 1.165) is 41.5 Å². The number of carbonyl (C=O) groups excluding carboxylic acids is 1. The standard InChI is InChI=1S/C27H37N3O2/c1-8-9-14-29-21-12-10-11-13-22(21)30(25(29)28)17-23(31)18-15-19(26(2,3)4)24(32)20(16-18)27(5,6)7/h10-13,15-16,28H,8-9,14,17H2,1-7H3,(H,31,32)/p+1. The number of nitrogens with zero attached hydrogens (tertiary/aromatic N) is 2. The summed E-state index contributed by atoms with van der Waals surface area (Å²) in [5, 5.41) is 11.0. The Labute approximate surface area is 191 Å². The van der Waals surface area contributed by atoms with Gasteiger partial charge in [-0.15, -0.1) is 0 Å². The SMILES string of the molecule is CCCCn1c(N)[n+](CC(=O)c2cc(C(C)(C)C)c(O)c(C(C)(C)C)c2)c2ccccc21. The van der Waals surface area contributed by atoms with Crippen molar-refractivity contribution in [2.75, 3.05) is 5.73 Å². The first-order valence-corrected chi connectivity index (χ1v) is 11.5. The number of ketones is 1. The average molecular weight is 437 g/mol. The zero-order valence-electron chi connectivity index (χ0n) is 20.6. The average Bonchev–Trinajstić information content (AvgIpc) is 2.96. The highest BCUT2D eigenvalue weighted by molar-refractivity contribution is 5.96. The number of anilines is 1. The highest BCUT2D eigenvalue weighted by Gasteiger charge is 2.29. The molecule has 0 spiro atoms. The summed E-state index contributed by atoms with van der Waals surface area (Å²) >= 11 is 0. The van der Waals surface area contributed by atoms with E-state index < -0.39 is 0 Å². The predicted molar refractivity (Wildman–Crippen MR) is 131 cm³/mol. The highest BCUT2D eigenvalue weighted by atomic mass is 16.3. The molecule has 3 rings (SSSR count). The van der Waals surface area contributed by atoms with Gasteiger partial charge in [-0.1, -0.05) is 67.0 Å². The summed E-state index contributed by atoms with van der Waals surface area (Å²) < 4.78 is 4.01. The van der Waals surface area contributed by atoms with E-state index in [1.54, 1.807) is 0 Å². The number of unbranched alkanes of at least 4 members (excludes halogenated alkanes) is 1. The topological polar surface area (TPSA) is 72.1 Å². The quantitative estimate of drug-likeness (QED) is 0.396. The second-order valence-electron chi connectivity index (χ2n) is 10.8. The summed E-state index contributed by atoms with van der Waals surface area (Å²) in [6, 6.07) is 11.7. The molecule has 2 aromatic carbocycles. The van der Waals surface area contributed by atoms with Crippen LogP contribution in [0, 0.1) is 0 Å². The molecule has 32 heavy (non-hydrogen) atoms. The van der Waals surface area contributed by atoms with Gasteiger partial charge < -0.3 is 5.11 Å². The molecule has 3 aromatic rings. The molecule has 0 unspecified atom stereocenters. The van der Waals surface area contributed by atoms with Gasteiger partial charge in [0.15, 0.2) is 5.78 Å². The number of hydrogen-bond donors (Lipinski definition) is 2. The van der Waals surface area contributed by atoms with E-state index in [0.29, 0.717) is 11.5 Å². The number of phenolic OH excluding ortho intramolecular Hbond substituents is 1. The van der Waals surface area contributed by atoms with Gasteiger partial charge in [-0.25, -0.2) is 9.13 Å². The number of para-hydroxylation sites is 2. The molecule has 0 bridgehead atoms. The van der Waals surface area contributed by atoms with Crippen LogP contribution in [-0.2, 0) is 23.9 Å². The van der Waals surface area contributed by atoms with Gasteiger partial charge in [-0.05, 0) is 41.5 Å². The third-order valence-corrected chi connectivity index (χ3v) is 6.10. The van der Waals surface area contributed by atoms with Crippen LogP contribution in [0.4, 0.5) is 5.95 Å². The first-order chi connectivity index (χ1) is 14.9. The maximum atomic E-state index is 13.5. The Morgan fingerprint density at radius 2 is 1.59 bits per heavy atom. The number of nitrogens with two attached hydrogens (primary N) is 1. The zero-order chi connectivity index (χ0) is 23.8. The monoisotopic (exact) mass is 436 g/mol. The van der Waals surface area contributed by atoms with Crippen molar-refractivity contribution in [1.29, 1.82) is 0 Å². The number of aromatic hydroxyl groups is 1. The molecule has 0 aliphatic rings. The van der Waals surface area contributed by atoms with Gasteiger partial charge in [0.2, 0.25) is 0 Å². The Bertz CT molecular complexity index is 1110. The molecule has 0 saturated heterocycles. The summed E-state index contributed by atoms with van der Waals surface area (Å²) in [5.41, 5.74) is 10.1. The van der Waals surface area contributed by atoms with Crippen LogP contribution in [0.2, 0.25) is 0 Å². The molecule has 0 aliphatic heterocycles. The van der Waals surface area contributed by atoms with Crippen LogP contribution in [0.15, 0.2) is 36.4 Å². The number of hydrogen-bond acceptors (Lipinski definition) is 3. The molecule has 0 fully saturated rings. The van der Waals surface area contributed by atoms with Crippen molar-refractivity contribution in [3.05, 3.63) is 53.1 Å². The Hall–Kier alpha value is -2.82. The summed E-state index contributed by atoms with van der Waals surface area (Å²) in [7, 11) is 0. The first-order valence-electron chi connectivity index (χ1n) is 11.5. The molecular formula is C27H38N3O2+. The van der Waals surface area contributed by atoms with E-state index >= 15 is 0 Å². The maximum absolute atomic E-state index is 13.5. The number of aryl methyl sites for hydroxylation is 1. The molecule has 0 radical (unpaired) electrons. The van der Waals surface area contributed by atoms with Gasteiger partial charge in [0.05, 0.1) is 6.54 Å². The predicted octanol–water partition coefficient (Wildman–Crippen LogP) is 5.49. The van der Waals surface area contributed by atoms with Gasteiger partial charge in [0, 0.05) is 16.7 Å². The maximum Gasteiger partial charge on any atom is 0.356 e. The second-order valence-corrected chi connectivity index (χ2v) is 10.8. The van der Waals surface area contributed by atoms with E-state index in [2.05, 4.69) is 59.1 Å². The summed E-state index contributed by atoms with van der Waals surface area (Å²) in [4.78, 5) is 13.5. The minimum absolute atomic E-state index is 0.0175. The van der Waals surface area contributed by atoms with Crippen LogP contribution in [0.5, 0.6) is 5.75 Å². The van der Waals surface area contributed by atoms with Crippen molar-refractivity contribution >= 4 is 22.8 Å². The molecule has 172 valence electrons. The van der Waals surface area contributed by atoms with Crippen LogP contribution in [0.3, 0.4) is 0 Å². The molecule has 0 atom stereocenters. The minimum atomic E-state index is -0.289. The number of Topliss-reactive ketones (excluding diaryl/α,β-unsaturated/α-hetero) is 1. The summed E-state index contributed by atoms with van der Waals surface area (Å²) in [6.07, 6.45) is 2.10. The highest BCUT2D eigenvalue weighted by Crippen LogP contribution is 2.39. The fraction of sp³-hybridized carbons (Fsp3) is 0.481. The Kier molecular flexibility index (Phi) is 6.41. The molecule has 0 amide bonds. The van der Waals surface area contributed by atoms with Gasteiger partial charge >= 0.3 is 5.95 Å². The lowest BCUT2D eigenvalue weighted by Crippen LogP contribution is -2.40. The van der Waals surface area contributed by atoms with E-state index in [4.69, 9.17) is 5.73 Å². The van der Waals surface area contributed by atoms with E-state index in [1.165, 1.54) is 0 Å². The van der Waals surface area contributed by atoms with Crippen LogP contribution >= 0.6 is 0 Å². The number of imidazole rings is 1. The van der Waals surface area contributed by atoms with Crippen molar-refractivity contribution in [3.8, 4) is 5.75 Å². The van der Waals surface area contributed by atoms with Crippen molar-refractivity contribution < 1.29 is 14.5 Å². The molecule has 5 nitrogen and oxygen atoms in total. The van der Waals surface area contributed by atoms with Crippen molar-refractivity contribution in [1.82, 2.24) is 4.57 Å². The number of carbonyl (C=O) groups is 1. The van der Waals surface area contributed by atoms with Crippen molar-refractivity contribution in [2.24, 2.45) is 0 Å². The molecule has 1 aromatic heterocycles. The minimum Gasteiger partial charge on any atom is -0.507 e. The van der Waals surface area contributed by atoms with Crippen LogP contribution in [-0.4, -0.2) is 15.5 Å². The van der Waals surface area contributed by atoms with Crippen LogP contribution in [0.25, 0.3) is 11.0 Å². The fourth-order valence-electron chi connectivity index (χ4n) is 4.20. The van der Waals surface area contributed by atoms with Crippen LogP contribution < -0.4 is 10.3 Å². The molecule has 0 saturated carbocycles. The second kappa shape index (κ2) is 8.61. The molecule has 5 heteroatoms. The molecular weight excluding hydrogens is 398 g/mol. The van der Waals surface area contributed by atoms with E-state index in [-0.39, 0.29) is 28.9 Å². The largest absolute Gasteiger partial charge is 0.507 e. The number of benzene rings is 2. The smallest absolute Gasteiger partial charge is 0.356 e. The van der Waals surface area contributed by atoms with Gasteiger partial charge in [0.25, 0.3) is 0 Å². The normalized spacial score (nSPS) is 12.5. The van der Waals surface area contributed by atoms with E-state index in [9.17, 15) is 9.90 Å². The zero-order valence-corrected chi connectivity index (χ0v) is 20.6. The number of phenols is 1.